The molecule has 9 nitrogen and oxygen atoms in total. The van der Waals surface area contributed by atoms with E-state index in [-0.39, 0.29) is 29.5 Å². The molecule has 0 radical (unpaired) electrons. The topological polar surface area (TPSA) is 103 Å². The minimum Gasteiger partial charge on any atom is -0.494 e. The smallest absolute Gasteiger partial charge is 0.247 e. The number of benzene rings is 3. The lowest BCUT2D eigenvalue weighted by atomic mass is 9.89. The molecule has 1 aromatic heterocycles. The zero-order valence-corrected chi connectivity index (χ0v) is 24.2. The molecular formula is C31H31FN4O5S. The summed E-state index contributed by atoms with van der Waals surface area (Å²) in [4.78, 5) is 12.6. The highest BCUT2D eigenvalue weighted by atomic mass is 32.2. The second-order valence-electron chi connectivity index (χ2n) is 10.5. The predicted octanol–water partition coefficient (Wildman–Crippen LogP) is 4.44. The molecule has 1 N–H and O–H groups in total. The van der Waals surface area contributed by atoms with Crippen LogP contribution in [0.2, 0.25) is 0 Å². The lowest BCUT2D eigenvalue weighted by molar-refractivity contribution is -0.120. The Hall–Kier alpha value is -4.22. The van der Waals surface area contributed by atoms with Gasteiger partial charge in [0.1, 0.15) is 16.4 Å². The summed E-state index contributed by atoms with van der Waals surface area (Å²) in [5.41, 5.74) is 3.50. The van der Waals surface area contributed by atoms with Crippen molar-refractivity contribution in [2.75, 3.05) is 19.7 Å². The Kier molecular flexibility index (Phi) is 7.46. The molecule has 4 aromatic rings. The van der Waals surface area contributed by atoms with Gasteiger partial charge in [0.05, 0.1) is 24.8 Å². The monoisotopic (exact) mass is 590 g/mol. The fourth-order valence-corrected chi connectivity index (χ4v) is 7.38. The number of hydrogen-bond acceptors (Lipinski definition) is 6. The van der Waals surface area contributed by atoms with E-state index in [0.717, 1.165) is 16.7 Å². The predicted molar refractivity (Wildman–Crippen MR) is 154 cm³/mol. The molecule has 0 saturated heterocycles. The van der Waals surface area contributed by atoms with Crippen LogP contribution in [-0.2, 0) is 34.7 Å². The van der Waals surface area contributed by atoms with Crippen LogP contribution in [0.15, 0.2) is 71.8 Å². The van der Waals surface area contributed by atoms with Crippen molar-refractivity contribution in [1.82, 2.24) is 19.4 Å². The highest BCUT2D eigenvalue weighted by molar-refractivity contribution is 7.89. The van der Waals surface area contributed by atoms with Gasteiger partial charge in [0, 0.05) is 26.3 Å². The Morgan fingerprint density at radius 2 is 1.93 bits per heavy atom. The Morgan fingerprint density at radius 3 is 2.74 bits per heavy atom. The molecule has 1 amide bonds. The van der Waals surface area contributed by atoms with Gasteiger partial charge in [0.15, 0.2) is 11.6 Å². The Bertz CT molecular complexity index is 1770. The normalized spacial score (nSPS) is 17.8. The third kappa shape index (κ3) is 5.49. The van der Waals surface area contributed by atoms with Crippen LogP contribution in [0.1, 0.15) is 40.4 Å². The van der Waals surface area contributed by atoms with E-state index in [9.17, 15) is 17.6 Å². The van der Waals surface area contributed by atoms with Crippen molar-refractivity contribution in [1.29, 1.82) is 0 Å². The van der Waals surface area contributed by atoms with Crippen molar-refractivity contribution in [2.45, 2.75) is 37.1 Å². The molecule has 3 aliphatic rings. The maximum absolute atomic E-state index is 14.7. The number of aromatic nitrogens is 2. The van der Waals surface area contributed by atoms with Crippen LogP contribution in [0, 0.1) is 12.7 Å². The van der Waals surface area contributed by atoms with E-state index in [1.54, 1.807) is 26.1 Å². The summed E-state index contributed by atoms with van der Waals surface area (Å²) in [5.74, 6) is 0.312. The lowest BCUT2D eigenvalue weighted by Crippen LogP contribution is -2.40. The van der Waals surface area contributed by atoms with Crippen LogP contribution in [0.4, 0.5) is 4.39 Å². The van der Waals surface area contributed by atoms with Gasteiger partial charge >= 0.3 is 0 Å². The standard InChI is InChI=1S/C31H31FN4O5S/c1-20-29(19-35(2)34-20)42(38,39)36-13-11-22-17-25-8-9-26(22)31(36)23-5-3-6-24(18-23)40-14-4-12-33-30(37)16-21-7-10-27(32)28(15-21)41-25/h3,5-10,15,17-19,31H,4,11-14,16H2,1-2H3,(H,33,37). The van der Waals surface area contributed by atoms with Crippen LogP contribution < -0.4 is 14.8 Å². The van der Waals surface area contributed by atoms with E-state index >= 15 is 0 Å². The maximum atomic E-state index is 14.7. The zero-order valence-electron chi connectivity index (χ0n) is 23.3. The summed E-state index contributed by atoms with van der Waals surface area (Å²) in [5, 5.41) is 7.13. The number of hydrogen-bond donors (Lipinski definition) is 1. The molecule has 4 heterocycles. The molecule has 218 valence electrons. The van der Waals surface area contributed by atoms with E-state index in [4.69, 9.17) is 9.47 Å². The maximum Gasteiger partial charge on any atom is 0.247 e. The minimum atomic E-state index is -3.93. The highest BCUT2D eigenvalue weighted by Crippen LogP contribution is 2.41. The summed E-state index contributed by atoms with van der Waals surface area (Å²) < 4.78 is 57.9. The van der Waals surface area contributed by atoms with Crippen molar-refractivity contribution in [3.8, 4) is 17.2 Å². The largest absolute Gasteiger partial charge is 0.494 e. The SMILES string of the molecule is Cc1nn(C)cc1S(=O)(=O)N1CCc2cc3ccc2C1c1cccc(c1)OCCCNC(=O)Cc1ccc(F)c(c1)O3. The van der Waals surface area contributed by atoms with Crippen LogP contribution in [0.5, 0.6) is 17.2 Å². The molecule has 0 spiro atoms. The number of rotatable bonds is 2. The molecule has 0 saturated carbocycles. The van der Waals surface area contributed by atoms with Gasteiger partial charge in [0.25, 0.3) is 0 Å². The van der Waals surface area contributed by atoms with Crippen LogP contribution in [0.3, 0.4) is 0 Å². The van der Waals surface area contributed by atoms with Gasteiger partial charge in [-0.2, -0.15) is 9.40 Å². The molecule has 8 bridgehead atoms. The van der Waals surface area contributed by atoms with E-state index < -0.39 is 21.9 Å². The summed E-state index contributed by atoms with van der Waals surface area (Å²) in [6.07, 6.45) is 2.62. The summed E-state index contributed by atoms with van der Waals surface area (Å²) in [7, 11) is -2.23. The molecule has 1 unspecified atom stereocenters. The first-order valence-corrected chi connectivity index (χ1v) is 15.2. The Balaban J connectivity index is 1.46. The number of sulfonamides is 1. The minimum absolute atomic E-state index is 0.0166. The lowest BCUT2D eigenvalue weighted by Gasteiger charge is -2.37. The number of aryl methyl sites for hydroxylation is 2. The number of carbonyl (C=O) groups excluding carboxylic acids is 1. The van der Waals surface area contributed by atoms with Gasteiger partial charge in [-0.25, -0.2) is 12.8 Å². The van der Waals surface area contributed by atoms with Gasteiger partial charge in [-0.1, -0.05) is 24.3 Å². The number of nitrogens with zero attached hydrogens (tertiary/aromatic N) is 3. The first kappa shape index (κ1) is 27.9. The second kappa shape index (κ2) is 11.2. The van der Waals surface area contributed by atoms with Gasteiger partial charge in [-0.15, -0.1) is 0 Å². The first-order chi connectivity index (χ1) is 20.2. The Labute approximate surface area is 243 Å². The van der Waals surface area contributed by atoms with Crippen molar-refractivity contribution >= 4 is 15.9 Å². The van der Waals surface area contributed by atoms with Crippen molar-refractivity contribution in [3.63, 3.8) is 0 Å². The summed E-state index contributed by atoms with van der Waals surface area (Å²) >= 11 is 0. The molecular weight excluding hydrogens is 559 g/mol. The van der Waals surface area contributed by atoms with Crippen molar-refractivity contribution in [3.05, 3.63) is 101 Å². The fraction of sp³-hybridized carbons (Fsp3) is 0.290. The summed E-state index contributed by atoms with van der Waals surface area (Å²) in [6, 6.07) is 16.5. The molecule has 0 aliphatic carbocycles. The second-order valence-corrected chi connectivity index (χ2v) is 12.4. The number of amides is 1. The molecule has 3 aliphatic heterocycles. The number of halogens is 1. The van der Waals surface area contributed by atoms with E-state index in [1.165, 1.54) is 27.3 Å². The number of ether oxygens (including phenoxy) is 2. The third-order valence-electron chi connectivity index (χ3n) is 7.53. The molecule has 11 heteroatoms. The summed E-state index contributed by atoms with van der Waals surface area (Å²) in [6.45, 7) is 2.68. The highest BCUT2D eigenvalue weighted by Gasteiger charge is 2.39. The Morgan fingerprint density at radius 1 is 1.07 bits per heavy atom. The number of nitrogens with one attached hydrogen (secondary N) is 1. The molecule has 7 rings (SSSR count). The van der Waals surface area contributed by atoms with Gasteiger partial charge in [-0.05, 0) is 78.4 Å². The fourth-order valence-electron chi connectivity index (χ4n) is 5.58. The van der Waals surface area contributed by atoms with Gasteiger partial charge in [-0.3, -0.25) is 9.48 Å². The van der Waals surface area contributed by atoms with Crippen LogP contribution in [0.25, 0.3) is 0 Å². The van der Waals surface area contributed by atoms with E-state index in [1.807, 2.05) is 36.4 Å². The quantitative estimate of drug-likeness (QED) is 0.371. The zero-order chi connectivity index (χ0) is 29.4. The molecule has 1 atom stereocenters. The average Bonchev–Trinajstić information content (AvgIpc) is 3.32. The molecule has 0 fully saturated rings. The van der Waals surface area contributed by atoms with Crippen molar-refractivity contribution < 1.29 is 27.1 Å². The van der Waals surface area contributed by atoms with Crippen molar-refractivity contribution in [2.24, 2.45) is 7.05 Å². The number of carbonyl (C=O) groups is 1. The van der Waals surface area contributed by atoms with Crippen LogP contribution >= 0.6 is 0 Å². The van der Waals surface area contributed by atoms with E-state index in [0.29, 0.717) is 48.7 Å². The van der Waals surface area contributed by atoms with Gasteiger partial charge in [0.2, 0.25) is 15.9 Å². The molecule has 42 heavy (non-hydrogen) atoms. The average molecular weight is 591 g/mol. The number of fused-ring (bicyclic) bond motifs is 7. The first-order valence-electron chi connectivity index (χ1n) is 13.8. The van der Waals surface area contributed by atoms with Crippen LogP contribution in [-0.4, -0.2) is 48.1 Å². The third-order valence-corrected chi connectivity index (χ3v) is 9.50. The van der Waals surface area contributed by atoms with Gasteiger partial charge < -0.3 is 14.8 Å². The van der Waals surface area contributed by atoms with E-state index in [2.05, 4.69) is 10.4 Å². The molecule has 3 aromatic carbocycles.